The Morgan fingerprint density at radius 3 is 1.96 bits per heavy atom. The van der Waals surface area contributed by atoms with Gasteiger partial charge in [-0.2, -0.15) is 0 Å². The summed E-state index contributed by atoms with van der Waals surface area (Å²) in [5, 5.41) is 2.79. The molecule has 1 nitrogen and oxygen atoms in total. The molecule has 142 valence electrons. The molecular weight excluding hydrogens is 338 g/mol. The molecule has 3 aromatic rings. The van der Waals surface area contributed by atoms with Gasteiger partial charge in [0, 0.05) is 17.1 Å². The molecule has 0 N–H and O–H groups in total. The summed E-state index contributed by atoms with van der Waals surface area (Å²) < 4.78 is 0. The Balaban J connectivity index is 1.55. The van der Waals surface area contributed by atoms with E-state index in [-0.39, 0.29) is 0 Å². The highest BCUT2D eigenvalue weighted by Gasteiger charge is 2.52. The average Bonchev–Trinajstić information content (AvgIpc) is 2.65. The van der Waals surface area contributed by atoms with E-state index in [1.165, 1.54) is 66.0 Å². The minimum Gasteiger partial charge on any atom is -0.255 e. The zero-order chi connectivity index (χ0) is 18.9. The lowest BCUT2D eigenvalue weighted by Crippen LogP contribution is -2.48. The number of fused-ring (bicyclic) bond motifs is 1. The van der Waals surface area contributed by atoms with Gasteiger partial charge in [-0.05, 0) is 98.6 Å². The topological polar surface area (TPSA) is 12.9 Å². The second-order valence-corrected chi connectivity index (χ2v) is 10.1. The van der Waals surface area contributed by atoms with Crippen molar-refractivity contribution in [1.29, 1.82) is 0 Å². The van der Waals surface area contributed by atoms with E-state index in [0.717, 1.165) is 23.4 Å². The van der Waals surface area contributed by atoms with Gasteiger partial charge in [-0.1, -0.05) is 41.5 Å². The Morgan fingerprint density at radius 1 is 0.786 bits per heavy atom. The van der Waals surface area contributed by atoms with Gasteiger partial charge in [0.05, 0.1) is 5.69 Å². The smallest absolute Gasteiger partial charge is 0.0780 e. The lowest BCUT2D eigenvalue weighted by Gasteiger charge is -2.57. The van der Waals surface area contributed by atoms with E-state index < -0.39 is 0 Å². The molecule has 4 aliphatic rings. The molecule has 0 saturated heterocycles. The Morgan fingerprint density at radius 2 is 1.36 bits per heavy atom. The summed E-state index contributed by atoms with van der Waals surface area (Å²) in [5.74, 6) is 2.89. The molecule has 1 heteroatoms. The van der Waals surface area contributed by atoms with Crippen LogP contribution >= 0.6 is 0 Å². The van der Waals surface area contributed by atoms with Gasteiger partial charge in [0.2, 0.25) is 0 Å². The minimum atomic E-state index is 0.391. The highest BCUT2D eigenvalue weighted by molar-refractivity contribution is 5.97. The van der Waals surface area contributed by atoms with Gasteiger partial charge in [0.1, 0.15) is 0 Å². The monoisotopic (exact) mass is 367 g/mol. The van der Waals surface area contributed by atoms with Crippen molar-refractivity contribution in [2.24, 2.45) is 17.8 Å². The zero-order valence-corrected chi connectivity index (χ0v) is 17.0. The van der Waals surface area contributed by atoms with Gasteiger partial charge in [0.25, 0.3) is 0 Å². The van der Waals surface area contributed by atoms with E-state index in [1.54, 1.807) is 5.56 Å². The predicted octanol–water partition coefficient (Wildman–Crippen LogP) is 6.99. The van der Waals surface area contributed by atoms with Gasteiger partial charge in [-0.3, -0.25) is 4.98 Å². The maximum atomic E-state index is 5.12. The molecular formula is C27H29N. The summed E-state index contributed by atoms with van der Waals surface area (Å²) in [6, 6.07) is 15.9. The van der Waals surface area contributed by atoms with E-state index in [9.17, 15) is 0 Å². The van der Waals surface area contributed by atoms with Gasteiger partial charge in [-0.15, -0.1) is 0 Å². The fourth-order valence-corrected chi connectivity index (χ4v) is 7.40. The lowest BCUT2D eigenvalue weighted by atomic mass is 9.48. The van der Waals surface area contributed by atoms with Crippen molar-refractivity contribution in [2.45, 2.75) is 57.8 Å². The molecule has 0 atom stereocenters. The van der Waals surface area contributed by atoms with Crippen LogP contribution in [0.2, 0.25) is 0 Å². The summed E-state index contributed by atoms with van der Waals surface area (Å²) in [7, 11) is 0. The SMILES string of the molecule is Cc1cc(C)cc(-c2ncc(C34CC5CC(CC(C5)C3)C4)c3ccccc23)c1. The molecule has 28 heavy (non-hydrogen) atoms. The summed E-state index contributed by atoms with van der Waals surface area (Å²) in [6.07, 6.45) is 10.9. The largest absolute Gasteiger partial charge is 0.255 e. The van der Waals surface area contributed by atoms with Crippen molar-refractivity contribution in [3.05, 3.63) is 65.4 Å². The van der Waals surface area contributed by atoms with E-state index in [4.69, 9.17) is 4.98 Å². The summed E-state index contributed by atoms with van der Waals surface area (Å²) >= 11 is 0. The molecule has 4 fully saturated rings. The first kappa shape index (κ1) is 16.8. The number of hydrogen-bond donors (Lipinski definition) is 0. The van der Waals surface area contributed by atoms with Crippen molar-refractivity contribution in [2.75, 3.05) is 0 Å². The minimum absolute atomic E-state index is 0.391. The average molecular weight is 368 g/mol. The van der Waals surface area contributed by atoms with Crippen LogP contribution in [0.4, 0.5) is 0 Å². The van der Waals surface area contributed by atoms with Crippen LogP contribution in [0.15, 0.2) is 48.7 Å². The van der Waals surface area contributed by atoms with Crippen molar-refractivity contribution in [3.8, 4) is 11.3 Å². The molecule has 1 aromatic heterocycles. The third-order valence-corrected chi connectivity index (χ3v) is 7.90. The first-order chi connectivity index (χ1) is 13.6. The van der Waals surface area contributed by atoms with Crippen LogP contribution < -0.4 is 0 Å². The summed E-state index contributed by atoms with van der Waals surface area (Å²) in [6.45, 7) is 4.37. The van der Waals surface area contributed by atoms with Crippen molar-refractivity contribution in [3.63, 3.8) is 0 Å². The zero-order valence-electron chi connectivity index (χ0n) is 17.0. The van der Waals surface area contributed by atoms with Crippen molar-refractivity contribution in [1.82, 2.24) is 4.98 Å². The van der Waals surface area contributed by atoms with E-state index in [2.05, 4.69) is 62.5 Å². The lowest BCUT2D eigenvalue weighted by molar-refractivity contribution is -0.00462. The molecule has 0 spiro atoms. The van der Waals surface area contributed by atoms with E-state index >= 15 is 0 Å². The highest BCUT2D eigenvalue weighted by atomic mass is 14.7. The molecule has 4 saturated carbocycles. The Bertz CT molecular complexity index is 1020. The fraction of sp³-hybridized carbons (Fsp3) is 0.444. The maximum Gasteiger partial charge on any atom is 0.0780 e. The third-order valence-electron chi connectivity index (χ3n) is 7.90. The first-order valence-electron chi connectivity index (χ1n) is 11.1. The van der Waals surface area contributed by atoms with Crippen LogP contribution in [0.5, 0.6) is 0 Å². The second-order valence-electron chi connectivity index (χ2n) is 10.1. The predicted molar refractivity (Wildman–Crippen MR) is 117 cm³/mol. The van der Waals surface area contributed by atoms with Gasteiger partial charge in [-0.25, -0.2) is 0 Å². The fourth-order valence-electron chi connectivity index (χ4n) is 7.40. The Labute approximate surface area is 168 Å². The summed E-state index contributed by atoms with van der Waals surface area (Å²) in [4.78, 5) is 5.12. The molecule has 0 radical (unpaired) electrons. The Hall–Kier alpha value is -2.15. The van der Waals surface area contributed by atoms with Gasteiger partial charge in [0.15, 0.2) is 0 Å². The van der Waals surface area contributed by atoms with Crippen LogP contribution in [0.3, 0.4) is 0 Å². The summed E-state index contributed by atoms with van der Waals surface area (Å²) in [5.41, 5.74) is 6.97. The number of rotatable bonds is 2. The number of benzene rings is 2. The quantitative estimate of drug-likeness (QED) is 0.476. The molecule has 2 aromatic carbocycles. The number of aromatic nitrogens is 1. The van der Waals surface area contributed by atoms with Crippen LogP contribution in [0, 0.1) is 31.6 Å². The second kappa shape index (κ2) is 5.92. The molecule has 4 aliphatic carbocycles. The molecule has 0 aliphatic heterocycles. The van der Waals surface area contributed by atoms with Crippen LogP contribution in [-0.4, -0.2) is 4.98 Å². The standard InChI is InChI=1S/C27H29N/c1-17-7-18(2)9-22(8-17)26-24-6-4-3-5-23(24)25(16-28-26)27-13-19-10-20(14-27)12-21(11-19)15-27/h3-9,16,19-21H,10-15H2,1-2H3. The Kier molecular flexibility index (Phi) is 3.55. The molecule has 0 unspecified atom stereocenters. The molecule has 7 rings (SSSR count). The molecule has 0 amide bonds. The third kappa shape index (κ3) is 2.48. The van der Waals surface area contributed by atoms with Gasteiger partial charge >= 0.3 is 0 Å². The number of nitrogens with zero attached hydrogens (tertiary/aromatic N) is 1. The number of pyridine rings is 1. The molecule has 1 heterocycles. The van der Waals surface area contributed by atoms with E-state index in [1.807, 2.05) is 0 Å². The normalized spacial score (nSPS) is 30.9. The van der Waals surface area contributed by atoms with Crippen LogP contribution in [0.1, 0.15) is 55.2 Å². The van der Waals surface area contributed by atoms with Crippen molar-refractivity contribution >= 4 is 10.8 Å². The number of hydrogen-bond acceptors (Lipinski definition) is 1. The highest BCUT2D eigenvalue weighted by Crippen LogP contribution is 2.61. The van der Waals surface area contributed by atoms with Crippen molar-refractivity contribution < 1.29 is 0 Å². The van der Waals surface area contributed by atoms with Crippen LogP contribution in [-0.2, 0) is 5.41 Å². The van der Waals surface area contributed by atoms with E-state index in [0.29, 0.717) is 5.41 Å². The van der Waals surface area contributed by atoms with Gasteiger partial charge < -0.3 is 0 Å². The number of aryl methyl sites for hydroxylation is 2. The molecule has 4 bridgehead atoms. The first-order valence-corrected chi connectivity index (χ1v) is 11.1. The van der Waals surface area contributed by atoms with Crippen LogP contribution in [0.25, 0.3) is 22.0 Å². The maximum absolute atomic E-state index is 5.12.